The van der Waals surface area contributed by atoms with Gasteiger partial charge in [0, 0.05) is 43.7 Å². The van der Waals surface area contributed by atoms with Crippen LogP contribution in [0.25, 0.3) is 121 Å². The summed E-state index contributed by atoms with van der Waals surface area (Å²) in [6.07, 6.45) is 0. The molecule has 2 heterocycles. The first-order valence-electron chi connectivity index (χ1n) is 28.1. The number of anilines is 6. The van der Waals surface area contributed by atoms with Crippen molar-refractivity contribution in [2.24, 2.45) is 0 Å². The standard InChI is InChI=1S/C78H52N2O2/c1-49-19-15-29-63-65-31-17-33-71(77(65)81-75(49)63)79(61-45-57(51-21-7-3-8-22-51)43-58(46-61)52-23-9-4-10-24-52)69-41-37-55-36-40-68-70(42-38-56-35-39-67(69)73(55)74(56)68)80(72-34-18-32-66-64-30-16-20-50(2)76(64)82-78(66)72)62-47-59(53-25-11-5-12-26-53)44-60(48-62)54-27-13-6-14-28-54/h3-48H,1-2H3. The van der Waals surface area contributed by atoms with E-state index in [1.807, 2.05) is 0 Å². The topological polar surface area (TPSA) is 32.8 Å². The Kier molecular flexibility index (Phi) is 11.0. The predicted octanol–water partition coefficient (Wildman–Crippen LogP) is 22.6. The van der Waals surface area contributed by atoms with Gasteiger partial charge < -0.3 is 18.6 Å². The van der Waals surface area contributed by atoms with Crippen molar-refractivity contribution in [2.75, 3.05) is 9.80 Å². The van der Waals surface area contributed by atoms with Gasteiger partial charge in [-0.05, 0) is 152 Å². The highest BCUT2D eigenvalue weighted by Gasteiger charge is 2.27. The van der Waals surface area contributed by atoms with Crippen LogP contribution in [-0.2, 0) is 0 Å². The number of hydrogen-bond acceptors (Lipinski definition) is 4. The summed E-state index contributed by atoms with van der Waals surface area (Å²) in [5.41, 5.74) is 20.8. The van der Waals surface area contributed by atoms with E-state index in [0.29, 0.717) is 0 Å². The van der Waals surface area contributed by atoms with Gasteiger partial charge in [0.2, 0.25) is 0 Å². The predicted molar refractivity (Wildman–Crippen MR) is 345 cm³/mol. The van der Waals surface area contributed by atoms with E-state index in [4.69, 9.17) is 8.83 Å². The number of rotatable bonds is 10. The molecule has 16 rings (SSSR count). The number of para-hydroxylation sites is 4. The van der Waals surface area contributed by atoms with Crippen LogP contribution in [0.3, 0.4) is 0 Å². The summed E-state index contributed by atoms with van der Waals surface area (Å²) in [5, 5.41) is 11.3. The highest BCUT2D eigenvalue weighted by atomic mass is 16.3. The maximum Gasteiger partial charge on any atom is 0.159 e. The molecule has 0 saturated heterocycles. The molecule has 0 atom stereocenters. The molecule has 16 aromatic rings. The molecule has 0 aliphatic carbocycles. The quantitative estimate of drug-likeness (QED) is 0.128. The number of nitrogens with zero attached hydrogens (tertiary/aromatic N) is 2. The first kappa shape index (κ1) is 47.3. The maximum absolute atomic E-state index is 7.09. The molecule has 0 spiro atoms. The summed E-state index contributed by atoms with van der Waals surface area (Å²) < 4.78 is 14.2. The summed E-state index contributed by atoms with van der Waals surface area (Å²) in [6.45, 7) is 4.27. The Bertz CT molecular complexity index is 4680. The first-order chi connectivity index (χ1) is 40.5. The Morgan fingerprint density at radius 3 is 0.902 bits per heavy atom. The SMILES string of the molecule is Cc1cccc2c1oc1c(N(c3cc(-c4ccccc4)cc(-c4ccccc4)c3)c3ccc4ccc5c(N(c6cc(-c7ccccc7)cc(-c7ccccc7)c6)c6cccc7c6oc6c(C)cccc67)ccc6ccc3c4c65)cccc12. The molecule has 4 nitrogen and oxygen atoms in total. The Hall–Kier alpha value is -10.7. The minimum absolute atomic E-state index is 0.837. The van der Waals surface area contributed by atoms with Gasteiger partial charge in [0.25, 0.3) is 0 Å². The zero-order chi connectivity index (χ0) is 54.4. The normalized spacial score (nSPS) is 11.8. The van der Waals surface area contributed by atoms with E-state index in [2.05, 4.69) is 303 Å². The lowest BCUT2D eigenvalue weighted by atomic mass is 9.91. The Labute approximate surface area is 474 Å². The van der Waals surface area contributed by atoms with Crippen LogP contribution in [0.5, 0.6) is 0 Å². The van der Waals surface area contributed by atoms with Crippen molar-refractivity contribution in [3.05, 3.63) is 290 Å². The van der Waals surface area contributed by atoms with Crippen LogP contribution in [0.4, 0.5) is 34.1 Å². The van der Waals surface area contributed by atoms with E-state index in [-0.39, 0.29) is 0 Å². The van der Waals surface area contributed by atoms with Crippen molar-refractivity contribution in [3.63, 3.8) is 0 Å². The Balaban J connectivity index is 0.985. The number of furan rings is 2. The molecule has 0 saturated carbocycles. The fraction of sp³-hybridized carbons (Fsp3) is 0.0256. The fourth-order valence-corrected chi connectivity index (χ4v) is 12.9. The lowest BCUT2D eigenvalue weighted by molar-refractivity contribution is 0.665. The third kappa shape index (κ3) is 7.68. The zero-order valence-corrected chi connectivity index (χ0v) is 45.3. The van der Waals surface area contributed by atoms with Crippen LogP contribution >= 0.6 is 0 Å². The fourth-order valence-electron chi connectivity index (χ4n) is 12.9. The second-order valence-corrected chi connectivity index (χ2v) is 21.7. The third-order valence-corrected chi connectivity index (χ3v) is 16.8. The van der Waals surface area contributed by atoms with Crippen molar-refractivity contribution in [3.8, 4) is 44.5 Å². The van der Waals surface area contributed by atoms with Crippen molar-refractivity contribution in [2.45, 2.75) is 13.8 Å². The van der Waals surface area contributed by atoms with Gasteiger partial charge in [-0.3, -0.25) is 0 Å². The van der Waals surface area contributed by atoms with E-state index < -0.39 is 0 Å². The van der Waals surface area contributed by atoms with Gasteiger partial charge in [0.15, 0.2) is 11.2 Å². The third-order valence-electron chi connectivity index (χ3n) is 16.8. The average Bonchev–Trinajstić information content (AvgIpc) is 2.55. The van der Waals surface area contributed by atoms with E-state index in [1.54, 1.807) is 0 Å². The molecular weight excluding hydrogens is 997 g/mol. The Morgan fingerprint density at radius 1 is 0.232 bits per heavy atom. The van der Waals surface area contributed by atoms with Gasteiger partial charge in [0.1, 0.15) is 11.2 Å². The minimum atomic E-state index is 0.837. The molecule has 14 aromatic carbocycles. The summed E-state index contributed by atoms with van der Waals surface area (Å²) in [6, 6.07) is 102. The van der Waals surface area contributed by atoms with Gasteiger partial charge in [-0.1, -0.05) is 218 Å². The molecular formula is C78H52N2O2. The summed E-state index contributed by atoms with van der Waals surface area (Å²) in [7, 11) is 0. The van der Waals surface area contributed by atoms with Crippen molar-refractivity contribution in [1.29, 1.82) is 0 Å². The zero-order valence-electron chi connectivity index (χ0n) is 45.3. The molecule has 386 valence electrons. The van der Waals surface area contributed by atoms with Crippen molar-refractivity contribution >= 4 is 110 Å². The molecule has 2 aromatic heterocycles. The summed E-state index contributed by atoms with van der Waals surface area (Å²) >= 11 is 0. The maximum atomic E-state index is 7.09. The smallest absolute Gasteiger partial charge is 0.159 e. The van der Waals surface area contributed by atoms with E-state index >= 15 is 0 Å². The van der Waals surface area contributed by atoms with E-state index in [9.17, 15) is 0 Å². The van der Waals surface area contributed by atoms with Crippen LogP contribution in [-0.4, -0.2) is 0 Å². The second-order valence-electron chi connectivity index (χ2n) is 21.7. The first-order valence-corrected chi connectivity index (χ1v) is 28.1. The van der Waals surface area contributed by atoms with Crippen LogP contribution in [0.15, 0.2) is 288 Å². The molecule has 0 amide bonds. The molecule has 0 unspecified atom stereocenters. The minimum Gasteiger partial charge on any atom is -0.454 e. The molecule has 4 heteroatoms. The lowest BCUT2D eigenvalue weighted by Crippen LogP contribution is -2.12. The summed E-state index contributed by atoms with van der Waals surface area (Å²) in [5.74, 6) is 0. The van der Waals surface area contributed by atoms with Gasteiger partial charge in [-0.15, -0.1) is 0 Å². The summed E-state index contributed by atoms with van der Waals surface area (Å²) in [4.78, 5) is 4.89. The number of fused-ring (bicyclic) bond motifs is 6. The van der Waals surface area contributed by atoms with Gasteiger partial charge in [-0.2, -0.15) is 0 Å². The van der Waals surface area contributed by atoms with Crippen LogP contribution < -0.4 is 9.80 Å². The highest BCUT2D eigenvalue weighted by molar-refractivity contribution is 6.29. The number of benzene rings is 14. The van der Waals surface area contributed by atoms with Crippen LogP contribution in [0.2, 0.25) is 0 Å². The van der Waals surface area contributed by atoms with Crippen LogP contribution in [0, 0.1) is 13.8 Å². The van der Waals surface area contributed by atoms with E-state index in [0.717, 1.165) is 155 Å². The highest BCUT2D eigenvalue weighted by Crippen LogP contribution is 2.52. The molecule has 0 aliphatic heterocycles. The van der Waals surface area contributed by atoms with Gasteiger partial charge in [0.05, 0.1) is 22.7 Å². The van der Waals surface area contributed by atoms with Gasteiger partial charge >= 0.3 is 0 Å². The van der Waals surface area contributed by atoms with Crippen LogP contribution in [0.1, 0.15) is 11.1 Å². The van der Waals surface area contributed by atoms with Crippen molar-refractivity contribution in [1.82, 2.24) is 0 Å². The largest absolute Gasteiger partial charge is 0.454 e. The molecule has 0 N–H and O–H groups in total. The lowest BCUT2D eigenvalue weighted by Gasteiger charge is -2.30. The molecule has 0 radical (unpaired) electrons. The molecule has 0 aliphatic rings. The molecule has 0 bridgehead atoms. The number of aryl methyl sites for hydroxylation is 2. The number of hydrogen-bond donors (Lipinski definition) is 0. The molecule has 82 heavy (non-hydrogen) atoms. The Morgan fingerprint density at radius 2 is 0.549 bits per heavy atom. The van der Waals surface area contributed by atoms with Crippen molar-refractivity contribution < 1.29 is 8.83 Å². The second kappa shape index (κ2) is 19.0. The monoisotopic (exact) mass is 1050 g/mol. The molecule has 0 fully saturated rings. The van der Waals surface area contributed by atoms with Gasteiger partial charge in [-0.25, -0.2) is 0 Å². The van der Waals surface area contributed by atoms with E-state index in [1.165, 1.54) is 10.8 Å². The average molecular weight is 1050 g/mol.